The Hall–Kier alpha value is -2.86. The topological polar surface area (TPSA) is 69.0 Å². The molecule has 1 aliphatic rings. The molecule has 1 N–H and O–H groups in total. The number of nitrogens with zero attached hydrogens (tertiary/aromatic N) is 5. The van der Waals surface area contributed by atoms with Crippen molar-refractivity contribution in [2.24, 2.45) is 0 Å². The Morgan fingerprint density at radius 3 is 2.68 bits per heavy atom. The lowest BCUT2D eigenvalue weighted by atomic mass is 9.92. The molecule has 1 aromatic carbocycles. The van der Waals surface area contributed by atoms with E-state index in [2.05, 4.69) is 44.9 Å². The number of rotatable bonds is 6. The first-order valence-electron chi connectivity index (χ1n) is 9.69. The van der Waals surface area contributed by atoms with E-state index in [-0.39, 0.29) is 5.92 Å². The number of pyridine rings is 1. The summed E-state index contributed by atoms with van der Waals surface area (Å²) in [4.78, 5) is 18.3. The molecule has 28 heavy (non-hydrogen) atoms. The first-order valence-corrected chi connectivity index (χ1v) is 9.69. The zero-order valence-corrected chi connectivity index (χ0v) is 16.6. The highest BCUT2D eigenvalue weighted by Crippen LogP contribution is 2.32. The van der Waals surface area contributed by atoms with Crippen molar-refractivity contribution < 1.29 is 0 Å². The van der Waals surface area contributed by atoms with Crippen LogP contribution in [0.4, 0.5) is 5.82 Å². The second-order valence-corrected chi connectivity index (χ2v) is 7.75. The zero-order valence-electron chi connectivity index (χ0n) is 16.6. The molecule has 1 fully saturated rings. The van der Waals surface area contributed by atoms with E-state index < -0.39 is 0 Å². The van der Waals surface area contributed by atoms with Crippen molar-refractivity contribution in [3.05, 3.63) is 60.2 Å². The highest BCUT2D eigenvalue weighted by Gasteiger charge is 2.33. The van der Waals surface area contributed by atoms with E-state index in [0.29, 0.717) is 18.2 Å². The fraction of sp³-hybridized carbons (Fsp3) is 0.364. The van der Waals surface area contributed by atoms with Crippen LogP contribution in [-0.2, 0) is 0 Å². The molecule has 1 saturated heterocycles. The van der Waals surface area contributed by atoms with Gasteiger partial charge in [-0.2, -0.15) is 0 Å². The molecule has 0 spiro atoms. The maximum atomic E-state index is 8.54. The van der Waals surface area contributed by atoms with Crippen molar-refractivity contribution in [3.8, 4) is 0 Å². The molecular weight excluding hydrogens is 348 g/mol. The smallest absolute Gasteiger partial charge is 0.129 e. The molecule has 0 radical (unpaired) electrons. The predicted molar refractivity (Wildman–Crippen MR) is 113 cm³/mol. The van der Waals surface area contributed by atoms with Gasteiger partial charge in [-0.15, -0.1) is 0 Å². The largest absolute Gasteiger partial charge is 0.355 e. The van der Waals surface area contributed by atoms with E-state index in [1.807, 2.05) is 32.3 Å². The van der Waals surface area contributed by atoms with Crippen LogP contribution in [0.2, 0.25) is 0 Å². The summed E-state index contributed by atoms with van der Waals surface area (Å²) in [6.45, 7) is 3.84. The number of benzene rings is 1. The molecule has 1 unspecified atom stereocenters. The van der Waals surface area contributed by atoms with Gasteiger partial charge in [0.1, 0.15) is 11.5 Å². The van der Waals surface area contributed by atoms with Gasteiger partial charge in [-0.05, 0) is 39.2 Å². The lowest BCUT2D eigenvalue weighted by Crippen LogP contribution is -2.46. The predicted octanol–water partition coefficient (Wildman–Crippen LogP) is 3.34. The molecule has 0 saturated carbocycles. The summed E-state index contributed by atoms with van der Waals surface area (Å²) < 4.78 is 0. The van der Waals surface area contributed by atoms with E-state index >= 15 is 0 Å². The summed E-state index contributed by atoms with van der Waals surface area (Å²) in [5.41, 5.74) is 3.26. The molecule has 144 valence electrons. The van der Waals surface area contributed by atoms with Crippen molar-refractivity contribution in [2.45, 2.75) is 25.3 Å². The third-order valence-electron chi connectivity index (χ3n) is 5.57. The van der Waals surface area contributed by atoms with Crippen LogP contribution < -0.4 is 4.90 Å². The number of anilines is 1. The Labute approximate surface area is 165 Å². The van der Waals surface area contributed by atoms with Gasteiger partial charge in [-0.3, -0.25) is 9.97 Å². The maximum Gasteiger partial charge on any atom is 0.129 e. The molecule has 1 atom stereocenters. The van der Waals surface area contributed by atoms with Crippen molar-refractivity contribution in [3.63, 3.8) is 0 Å². The SMILES string of the molecule is CC(CC(=N)c1nccnc1C1CN(c2ccc3ccccc3n2)C1)N(C)C. The van der Waals surface area contributed by atoms with Crippen LogP contribution in [0, 0.1) is 5.41 Å². The van der Waals surface area contributed by atoms with E-state index in [1.165, 1.54) is 0 Å². The molecule has 3 aromatic rings. The molecule has 6 nitrogen and oxygen atoms in total. The first-order chi connectivity index (χ1) is 13.5. The van der Waals surface area contributed by atoms with Gasteiger partial charge in [0.25, 0.3) is 0 Å². The minimum atomic E-state index is 0.284. The molecule has 0 amide bonds. The fourth-order valence-electron chi connectivity index (χ4n) is 3.52. The number of nitrogens with one attached hydrogen (secondary N) is 1. The van der Waals surface area contributed by atoms with Gasteiger partial charge in [-0.25, -0.2) is 4.98 Å². The Morgan fingerprint density at radius 1 is 1.14 bits per heavy atom. The molecule has 6 heteroatoms. The van der Waals surface area contributed by atoms with E-state index in [0.717, 1.165) is 41.2 Å². The zero-order chi connectivity index (χ0) is 19.7. The standard InChI is InChI=1S/C22H26N6/c1-15(27(2)3)12-18(23)22-21(24-10-11-25-22)17-13-28(14-17)20-9-8-16-6-4-5-7-19(16)26-20/h4-11,15,17,23H,12-14H2,1-3H3. The van der Waals surface area contributed by atoms with Crippen molar-refractivity contribution >= 4 is 22.4 Å². The quantitative estimate of drug-likeness (QED) is 0.670. The average Bonchev–Trinajstić information content (AvgIpc) is 2.67. The second-order valence-electron chi connectivity index (χ2n) is 7.75. The number of aromatic nitrogens is 3. The van der Waals surface area contributed by atoms with Crippen LogP contribution >= 0.6 is 0 Å². The second kappa shape index (κ2) is 7.64. The normalized spacial score (nSPS) is 15.6. The van der Waals surface area contributed by atoms with Crippen molar-refractivity contribution in [1.82, 2.24) is 19.9 Å². The van der Waals surface area contributed by atoms with E-state index in [4.69, 9.17) is 10.4 Å². The minimum absolute atomic E-state index is 0.284. The van der Waals surface area contributed by atoms with Crippen LogP contribution in [0.25, 0.3) is 10.9 Å². The molecule has 3 heterocycles. The molecule has 0 bridgehead atoms. The number of hydrogen-bond donors (Lipinski definition) is 1. The van der Waals surface area contributed by atoms with Crippen molar-refractivity contribution in [2.75, 3.05) is 32.1 Å². The summed E-state index contributed by atoms with van der Waals surface area (Å²) in [5, 5.41) is 9.69. The van der Waals surface area contributed by atoms with E-state index in [1.54, 1.807) is 12.4 Å². The summed E-state index contributed by atoms with van der Waals surface area (Å²) in [6.07, 6.45) is 4.09. The van der Waals surface area contributed by atoms with Crippen LogP contribution in [0.15, 0.2) is 48.8 Å². The first kappa shape index (κ1) is 18.5. The highest BCUT2D eigenvalue weighted by atomic mass is 15.2. The highest BCUT2D eigenvalue weighted by molar-refractivity contribution is 5.98. The van der Waals surface area contributed by atoms with Gasteiger partial charge < -0.3 is 15.2 Å². The van der Waals surface area contributed by atoms with Crippen LogP contribution in [0.3, 0.4) is 0 Å². The lowest BCUT2D eigenvalue weighted by molar-refractivity contribution is 0.321. The molecular formula is C22H26N6. The maximum absolute atomic E-state index is 8.54. The van der Waals surface area contributed by atoms with Crippen LogP contribution in [0.1, 0.15) is 30.7 Å². The van der Waals surface area contributed by atoms with Gasteiger partial charge in [-0.1, -0.05) is 18.2 Å². The van der Waals surface area contributed by atoms with E-state index in [9.17, 15) is 0 Å². The van der Waals surface area contributed by atoms with Gasteiger partial charge in [0.05, 0.1) is 16.9 Å². The Bertz CT molecular complexity index is 993. The van der Waals surface area contributed by atoms with Gasteiger partial charge >= 0.3 is 0 Å². The Morgan fingerprint density at radius 2 is 1.89 bits per heavy atom. The number of hydrogen-bond acceptors (Lipinski definition) is 6. The molecule has 2 aromatic heterocycles. The fourth-order valence-corrected chi connectivity index (χ4v) is 3.52. The summed E-state index contributed by atoms with van der Waals surface area (Å²) in [6, 6.07) is 12.7. The molecule has 0 aliphatic carbocycles. The lowest BCUT2D eigenvalue weighted by Gasteiger charge is -2.40. The third kappa shape index (κ3) is 3.60. The van der Waals surface area contributed by atoms with Crippen LogP contribution in [-0.4, -0.2) is 58.8 Å². The van der Waals surface area contributed by atoms with Gasteiger partial charge in [0, 0.05) is 49.2 Å². The Balaban J connectivity index is 1.49. The summed E-state index contributed by atoms with van der Waals surface area (Å²) >= 11 is 0. The van der Waals surface area contributed by atoms with Crippen LogP contribution in [0.5, 0.6) is 0 Å². The summed E-state index contributed by atoms with van der Waals surface area (Å²) in [5.74, 6) is 1.28. The minimum Gasteiger partial charge on any atom is -0.355 e. The Kier molecular flexibility index (Phi) is 5.05. The van der Waals surface area contributed by atoms with Gasteiger partial charge in [0.2, 0.25) is 0 Å². The number of fused-ring (bicyclic) bond motifs is 1. The molecule has 1 aliphatic heterocycles. The van der Waals surface area contributed by atoms with Crippen molar-refractivity contribution in [1.29, 1.82) is 5.41 Å². The summed E-state index contributed by atoms with van der Waals surface area (Å²) in [7, 11) is 4.08. The average molecular weight is 374 g/mol. The molecule has 4 rings (SSSR count). The third-order valence-corrected chi connectivity index (χ3v) is 5.57. The monoisotopic (exact) mass is 374 g/mol. The number of para-hydroxylation sites is 1. The van der Waals surface area contributed by atoms with Gasteiger partial charge in [0.15, 0.2) is 0 Å².